The largest absolute Gasteiger partial charge is 0.469 e. The molecule has 8 heteroatoms. The van der Waals surface area contributed by atoms with Crippen molar-refractivity contribution < 1.29 is 23.1 Å². The van der Waals surface area contributed by atoms with E-state index in [0.717, 1.165) is 28.6 Å². The molecule has 0 aliphatic rings. The van der Waals surface area contributed by atoms with Gasteiger partial charge in [-0.05, 0) is 5.97 Å². The lowest BCUT2D eigenvalue weighted by Gasteiger charge is -2.19. The lowest BCUT2D eigenvalue weighted by molar-refractivity contribution is -0.138. The number of hydrogen-bond acceptors (Lipinski definition) is 6. The van der Waals surface area contributed by atoms with E-state index < -0.39 is 19.1 Å². The van der Waals surface area contributed by atoms with Crippen LogP contribution in [0.5, 0.6) is 0 Å². The fourth-order valence-corrected chi connectivity index (χ4v) is 2.00. The van der Waals surface area contributed by atoms with Crippen molar-refractivity contribution in [3.8, 4) is 5.97 Å². The Labute approximate surface area is 82.9 Å². The number of methoxy groups -OCH3 is 1. The first-order valence-corrected chi connectivity index (χ1v) is 5.19. The molecule has 0 aromatic heterocycles. The Morgan fingerprint density at radius 3 is 2.21 bits per heavy atom. The van der Waals surface area contributed by atoms with Gasteiger partial charge in [-0.2, -0.15) is 0 Å². The van der Waals surface area contributed by atoms with Crippen molar-refractivity contribution in [2.75, 3.05) is 21.3 Å². The number of ether oxygens (including phenoxy) is 1. The van der Waals surface area contributed by atoms with E-state index in [2.05, 4.69) is 13.8 Å². The molecule has 0 aromatic carbocycles. The van der Waals surface area contributed by atoms with E-state index in [-0.39, 0.29) is 0 Å². The van der Waals surface area contributed by atoms with Gasteiger partial charge in [0.15, 0.2) is 0 Å². The molecule has 0 aliphatic carbocycles. The van der Waals surface area contributed by atoms with Crippen LogP contribution in [0.2, 0.25) is 0 Å². The van der Waals surface area contributed by atoms with Crippen LogP contribution < -0.4 is 0 Å². The average Bonchev–Trinajstić information content (AvgIpc) is 2.23. The average molecular weight is 218 g/mol. The van der Waals surface area contributed by atoms with Crippen LogP contribution in [0, 0.1) is 11.2 Å². The third kappa shape index (κ3) is 2.84. The van der Waals surface area contributed by atoms with Crippen molar-refractivity contribution >= 4 is 20.8 Å². The maximum atomic E-state index is 11.7. The van der Waals surface area contributed by atoms with Crippen LogP contribution in [0.25, 0.3) is 0 Å². The van der Waals surface area contributed by atoms with Crippen LogP contribution >= 0.6 is 7.60 Å². The van der Waals surface area contributed by atoms with Gasteiger partial charge in [-0.15, -0.1) is 0 Å². The zero-order valence-electron chi connectivity index (χ0n) is 8.09. The summed E-state index contributed by atoms with van der Waals surface area (Å²) >= 11 is 0. The quantitative estimate of drug-likeness (QED) is 0.371. The molecular formula is C6H10BNO5P. The van der Waals surface area contributed by atoms with Crippen molar-refractivity contribution in [1.29, 1.82) is 5.26 Å². The number of nitrogens with zero attached hydrogens (tertiary/aromatic N) is 1. The minimum atomic E-state index is -3.63. The van der Waals surface area contributed by atoms with E-state index in [4.69, 9.17) is 5.26 Å². The van der Waals surface area contributed by atoms with Gasteiger partial charge in [0.1, 0.15) is 5.56 Å². The molecule has 0 saturated carbocycles. The lowest BCUT2D eigenvalue weighted by atomic mass is 9.76. The fraction of sp³-hybridized carbons (Fsp3) is 0.667. The molecule has 0 N–H and O–H groups in total. The first-order chi connectivity index (χ1) is 6.55. The molecule has 0 rings (SSSR count). The van der Waals surface area contributed by atoms with E-state index in [0.29, 0.717) is 0 Å². The van der Waals surface area contributed by atoms with Crippen molar-refractivity contribution in [1.82, 2.24) is 0 Å². The van der Waals surface area contributed by atoms with Crippen molar-refractivity contribution in [3.63, 3.8) is 0 Å². The maximum absolute atomic E-state index is 11.7. The summed E-state index contributed by atoms with van der Waals surface area (Å²) in [6.07, 6.45) is 0. The number of hydrogen-bond donors (Lipinski definition) is 0. The normalized spacial score (nSPS) is 12.7. The minimum absolute atomic E-state index is 0.835. The van der Waals surface area contributed by atoms with Crippen LogP contribution in [0.3, 0.4) is 0 Å². The molecule has 0 bridgehead atoms. The van der Waals surface area contributed by atoms with E-state index >= 15 is 0 Å². The molecule has 0 saturated heterocycles. The molecular weight excluding hydrogens is 208 g/mol. The van der Waals surface area contributed by atoms with Crippen LogP contribution in [-0.2, 0) is 23.1 Å². The van der Waals surface area contributed by atoms with Crippen molar-refractivity contribution in [2.24, 2.45) is 0 Å². The first kappa shape index (κ1) is 13.2. The Hall–Kier alpha value is -0.825. The Kier molecular flexibility index (Phi) is 5.47. The van der Waals surface area contributed by atoms with Gasteiger partial charge in [0.2, 0.25) is 0 Å². The van der Waals surface area contributed by atoms with Crippen LogP contribution in [-0.4, -0.2) is 40.1 Å². The summed E-state index contributed by atoms with van der Waals surface area (Å²) in [5, 5.41) is 8.39. The SMILES string of the molecule is COC(=O)C([B]C#N)P(=O)(OC)OC. The highest BCUT2D eigenvalue weighted by atomic mass is 31.2. The van der Waals surface area contributed by atoms with Crippen molar-refractivity contribution in [2.45, 2.75) is 5.56 Å². The Bertz CT molecular complexity index is 280. The highest BCUT2D eigenvalue weighted by Crippen LogP contribution is 2.51. The molecule has 1 radical (unpaired) electrons. The van der Waals surface area contributed by atoms with Gasteiger partial charge in [0.25, 0.3) is 7.28 Å². The number of nitriles is 1. The topological polar surface area (TPSA) is 85.6 Å². The highest BCUT2D eigenvalue weighted by Gasteiger charge is 2.41. The molecule has 0 aliphatic heterocycles. The second-order valence-electron chi connectivity index (χ2n) is 2.17. The van der Waals surface area contributed by atoms with Crippen LogP contribution in [0.15, 0.2) is 0 Å². The first-order valence-electron chi connectivity index (χ1n) is 3.57. The van der Waals surface area contributed by atoms with E-state index in [1.54, 1.807) is 5.97 Å². The molecule has 1 atom stereocenters. The fourth-order valence-electron chi connectivity index (χ4n) is 0.781. The predicted molar refractivity (Wildman–Crippen MR) is 48.8 cm³/mol. The summed E-state index contributed by atoms with van der Waals surface area (Å²) < 4.78 is 25.2. The zero-order valence-corrected chi connectivity index (χ0v) is 8.98. The minimum Gasteiger partial charge on any atom is -0.469 e. The third-order valence-corrected chi connectivity index (χ3v) is 3.58. The number of rotatable bonds is 5. The van der Waals surface area contributed by atoms with Gasteiger partial charge in [0, 0.05) is 14.2 Å². The van der Waals surface area contributed by atoms with E-state index in [9.17, 15) is 9.36 Å². The van der Waals surface area contributed by atoms with E-state index in [1.165, 1.54) is 0 Å². The zero-order chi connectivity index (χ0) is 11.2. The Morgan fingerprint density at radius 1 is 1.43 bits per heavy atom. The number of esters is 1. The Balaban J connectivity index is 4.90. The molecule has 0 spiro atoms. The van der Waals surface area contributed by atoms with Gasteiger partial charge >= 0.3 is 13.6 Å². The van der Waals surface area contributed by atoms with Gasteiger partial charge in [-0.3, -0.25) is 9.36 Å². The molecule has 0 fully saturated rings. The van der Waals surface area contributed by atoms with Gasteiger partial charge in [-0.1, -0.05) is 0 Å². The Morgan fingerprint density at radius 2 is 1.93 bits per heavy atom. The summed E-state index contributed by atoms with van der Waals surface area (Å²) in [7, 11) is 0.610. The number of carbonyl (C=O) groups is 1. The summed E-state index contributed by atoms with van der Waals surface area (Å²) in [6, 6.07) is 0. The smallest absolute Gasteiger partial charge is 0.337 e. The second kappa shape index (κ2) is 5.81. The highest BCUT2D eigenvalue weighted by molar-refractivity contribution is 7.58. The standard InChI is InChI=1S/C6H10BNO5P/c1-11-6(9)5(7-4-8)14(10,12-2)13-3/h5H,1-3H3. The van der Waals surface area contributed by atoms with E-state index in [1.807, 2.05) is 0 Å². The van der Waals surface area contributed by atoms with Gasteiger partial charge < -0.3 is 13.8 Å². The molecule has 0 amide bonds. The maximum Gasteiger partial charge on any atom is 0.337 e. The summed E-state index contributed by atoms with van der Waals surface area (Å²) in [6.45, 7) is 0. The van der Waals surface area contributed by atoms with Crippen molar-refractivity contribution in [3.05, 3.63) is 0 Å². The van der Waals surface area contributed by atoms with Crippen LogP contribution in [0.4, 0.5) is 0 Å². The molecule has 0 heterocycles. The predicted octanol–water partition coefficient (Wildman–Crippen LogP) is 0.157. The molecule has 14 heavy (non-hydrogen) atoms. The molecule has 6 nitrogen and oxygen atoms in total. The third-order valence-electron chi connectivity index (χ3n) is 1.52. The van der Waals surface area contributed by atoms with Gasteiger partial charge in [-0.25, -0.2) is 5.26 Å². The lowest BCUT2D eigenvalue weighted by Crippen LogP contribution is -2.29. The second-order valence-corrected chi connectivity index (χ2v) is 4.54. The van der Waals surface area contributed by atoms with Crippen LogP contribution in [0.1, 0.15) is 0 Å². The monoisotopic (exact) mass is 218 g/mol. The van der Waals surface area contributed by atoms with Gasteiger partial charge in [0.05, 0.1) is 7.11 Å². The molecule has 0 aromatic rings. The number of carbonyl (C=O) groups excluding carboxylic acids is 1. The summed E-state index contributed by atoms with van der Waals surface area (Å²) in [5.74, 6) is 0.765. The summed E-state index contributed by atoms with van der Waals surface area (Å²) in [4.78, 5) is 11.1. The summed E-state index contributed by atoms with van der Waals surface area (Å²) in [5.41, 5.74) is -1.31. The molecule has 1 unspecified atom stereocenters. The molecule has 77 valence electrons.